The first kappa shape index (κ1) is 17.9. The first-order valence-corrected chi connectivity index (χ1v) is 8.87. The second kappa shape index (κ2) is 5.90. The molecule has 0 radical (unpaired) electrons. The smallest absolute Gasteiger partial charge is 0.270 e. The maximum atomic E-state index is 13.1. The van der Waals surface area contributed by atoms with Crippen LogP contribution in [0.3, 0.4) is 0 Å². The van der Waals surface area contributed by atoms with Gasteiger partial charge in [0.05, 0.1) is 11.7 Å². The molecule has 0 aromatic heterocycles. The Balaban J connectivity index is 1.89. The summed E-state index contributed by atoms with van der Waals surface area (Å²) in [5, 5.41) is 10.1. The average molecular weight is 348 g/mol. The van der Waals surface area contributed by atoms with Gasteiger partial charge in [-0.1, -0.05) is 0 Å². The highest BCUT2D eigenvalue weighted by atomic mass is 32.2. The number of halogens is 4. The fraction of sp³-hybridized carbons (Fsp3) is 1.00. The van der Waals surface area contributed by atoms with Crippen LogP contribution in [0.25, 0.3) is 0 Å². The van der Waals surface area contributed by atoms with Gasteiger partial charge in [-0.3, -0.25) is 4.18 Å². The van der Waals surface area contributed by atoms with Crippen LogP contribution in [-0.2, 0) is 14.3 Å². The predicted octanol–water partition coefficient (Wildman–Crippen LogP) is 2.85. The first-order valence-electron chi connectivity index (χ1n) is 7.30. The number of hydrogen-bond acceptors (Lipinski definition) is 4. The van der Waals surface area contributed by atoms with Gasteiger partial charge in [-0.25, -0.2) is 17.6 Å². The minimum atomic E-state index is -4.15. The van der Waals surface area contributed by atoms with Crippen molar-refractivity contribution in [1.82, 2.24) is 0 Å². The minimum absolute atomic E-state index is 0.0806. The van der Waals surface area contributed by atoms with Gasteiger partial charge in [0.25, 0.3) is 10.1 Å². The molecule has 0 heterocycles. The van der Waals surface area contributed by atoms with E-state index in [0.29, 0.717) is 0 Å². The maximum Gasteiger partial charge on any atom is 0.270 e. The molecule has 2 aliphatic carbocycles. The van der Waals surface area contributed by atoms with Crippen molar-refractivity contribution in [3.8, 4) is 0 Å². The Hall–Kier alpha value is -0.410. The Labute approximate surface area is 127 Å². The average Bonchev–Trinajstić information content (AvgIpc) is 2.36. The van der Waals surface area contributed by atoms with Crippen molar-refractivity contribution in [3.63, 3.8) is 0 Å². The van der Waals surface area contributed by atoms with E-state index in [9.17, 15) is 31.1 Å². The zero-order chi connectivity index (χ0) is 16.6. The van der Waals surface area contributed by atoms with Crippen LogP contribution in [0.2, 0.25) is 0 Å². The molecule has 130 valence electrons. The molecular formula is C13H20F4O4S. The van der Waals surface area contributed by atoms with Gasteiger partial charge in [-0.05, 0) is 25.7 Å². The van der Waals surface area contributed by atoms with E-state index in [4.69, 9.17) is 4.18 Å². The second-order valence-corrected chi connectivity index (χ2v) is 8.03. The molecular weight excluding hydrogens is 328 g/mol. The highest BCUT2D eigenvalue weighted by Gasteiger charge is 2.45. The van der Waals surface area contributed by atoms with Gasteiger partial charge in [-0.15, -0.1) is 0 Å². The fourth-order valence-corrected chi connectivity index (χ4v) is 4.53. The maximum absolute atomic E-state index is 13.1. The zero-order valence-corrected chi connectivity index (χ0v) is 12.8. The van der Waals surface area contributed by atoms with Crippen LogP contribution in [0.4, 0.5) is 17.6 Å². The Bertz CT molecular complexity index is 486. The number of rotatable bonds is 4. The molecule has 2 saturated carbocycles. The van der Waals surface area contributed by atoms with E-state index < -0.39 is 65.1 Å². The molecule has 9 heteroatoms. The van der Waals surface area contributed by atoms with E-state index >= 15 is 0 Å². The van der Waals surface area contributed by atoms with E-state index in [1.165, 1.54) is 0 Å². The van der Waals surface area contributed by atoms with Crippen LogP contribution < -0.4 is 0 Å². The summed E-state index contributed by atoms with van der Waals surface area (Å²) in [6.45, 7) is 0. The van der Waals surface area contributed by atoms with Crippen LogP contribution in [0.1, 0.15) is 51.4 Å². The standard InChI is InChI=1S/C13H20F4O4S/c14-12(15)3-1-10(2-4-12)21-22(19,20)9-11(18)5-7-13(16,17)8-6-11/h10,18H,1-9H2. The molecule has 0 saturated heterocycles. The summed E-state index contributed by atoms with van der Waals surface area (Å²) in [6, 6.07) is 0. The highest BCUT2D eigenvalue weighted by molar-refractivity contribution is 7.86. The summed E-state index contributed by atoms with van der Waals surface area (Å²) in [5.41, 5.74) is -1.74. The summed E-state index contributed by atoms with van der Waals surface area (Å²) >= 11 is 0. The van der Waals surface area contributed by atoms with E-state index in [1.807, 2.05) is 0 Å². The summed E-state index contributed by atoms with van der Waals surface area (Å²) in [4.78, 5) is 0. The molecule has 2 aliphatic rings. The Kier molecular flexibility index (Phi) is 4.81. The Morgan fingerprint density at radius 2 is 1.36 bits per heavy atom. The van der Waals surface area contributed by atoms with Crippen LogP contribution >= 0.6 is 0 Å². The zero-order valence-electron chi connectivity index (χ0n) is 12.0. The lowest BCUT2D eigenvalue weighted by Gasteiger charge is -2.36. The monoisotopic (exact) mass is 348 g/mol. The van der Waals surface area contributed by atoms with Crippen molar-refractivity contribution in [2.75, 3.05) is 5.75 Å². The number of hydrogen-bond donors (Lipinski definition) is 1. The normalized spacial score (nSPS) is 28.4. The molecule has 2 rings (SSSR count). The molecule has 0 aromatic carbocycles. The highest BCUT2D eigenvalue weighted by Crippen LogP contribution is 2.40. The van der Waals surface area contributed by atoms with Crippen LogP contribution in [-0.4, -0.2) is 42.8 Å². The van der Waals surface area contributed by atoms with E-state index in [1.54, 1.807) is 0 Å². The van der Waals surface area contributed by atoms with Crippen molar-refractivity contribution in [2.24, 2.45) is 0 Å². The summed E-state index contributed by atoms with van der Waals surface area (Å²) in [5.74, 6) is -6.45. The molecule has 0 aliphatic heterocycles. The topological polar surface area (TPSA) is 63.6 Å². The molecule has 0 amide bonds. The van der Waals surface area contributed by atoms with Gasteiger partial charge < -0.3 is 5.11 Å². The lowest BCUT2D eigenvalue weighted by Crippen LogP contribution is -2.44. The quantitative estimate of drug-likeness (QED) is 0.627. The summed E-state index contributed by atoms with van der Waals surface area (Å²) < 4.78 is 80.9. The molecule has 22 heavy (non-hydrogen) atoms. The van der Waals surface area contributed by atoms with Crippen molar-refractivity contribution >= 4 is 10.1 Å². The molecule has 0 bridgehead atoms. The molecule has 2 fully saturated rings. The van der Waals surface area contributed by atoms with E-state index in [2.05, 4.69) is 0 Å². The van der Waals surface area contributed by atoms with Crippen molar-refractivity contribution < 1.29 is 35.3 Å². The largest absolute Gasteiger partial charge is 0.389 e. The Morgan fingerprint density at radius 1 is 0.909 bits per heavy atom. The lowest BCUT2D eigenvalue weighted by atomic mass is 9.84. The fourth-order valence-electron chi connectivity index (χ4n) is 2.91. The van der Waals surface area contributed by atoms with E-state index in [-0.39, 0.29) is 25.7 Å². The van der Waals surface area contributed by atoms with Gasteiger partial charge >= 0.3 is 0 Å². The molecule has 0 spiro atoms. The van der Waals surface area contributed by atoms with Crippen LogP contribution in [0.15, 0.2) is 0 Å². The molecule has 4 nitrogen and oxygen atoms in total. The predicted molar refractivity (Wildman–Crippen MR) is 70.4 cm³/mol. The molecule has 0 atom stereocenters. The van der Waals surface area contributed by atoms with Gasteiger partial charge in [-0.2, -0.15) is 8.42 Å². The Morgan fingerprint density at radius 3 is 1.86 bits per heavy atom. The number of alkyl halides is 4. The van der Waals surface area contributed by atoms with Crippen molar-refractivity contribution in [3.05, 3.63) is 0 Å². The SMILES string of the molecule is O=S(=O)(CC1(O)CCC(F)(F)CC1)OC1CCC(F)(F)CC1. The third-order valence-corrected chi connectivity index (χ3v) is 5.76. The molecule has 0 aromatic rings. The van der Waals surface area contributed by atoms with Crippen LogP contribution in [0.5, 0.6) is 0 Å². The third-order valence-electron chi connectivity index (χ3n) is 4.30. The first-order chi connectivity index (χ1) is 9.91. The third kappa shape index (κ3) is 5.06. The van der Waals surface area contributed by atoms with Crippen molar-refractivity contribution in [2.45, 2.75) is 74.9 Å². The molecule has 0 unspecified atom stereocenters. The second-order valence-electron chi connectivity index (χ2n) is 6.43. The molecule has 1 N–H and O–H groups in total. The van der Waals surface area contributed by atoms with E-state index in [0.717, 1.165) is 0 Å². The van der Waals surface area contributed by atoms with Crippen LogP contribution in [0, 0.1) is 0 Å². The summed E-state index contributed by atoms with van der Waals surface area (Å²) in [6.07, 6.45) is -3.68. The van der Waals surface area contributed by atoms with Gasteiger partial charge in [0.1, 0.15) is 5.75 Å². The van der Waals surface area contributed by atoms with Crippen molar-refractivity contribution in [1.29, 1.82) is 0 Å². The lowest BCUT2D eigenvalue weighted by molar-refractivity contribution is -0.0955. The minimum Gasteiger partial charge on any atom is -0.389 e. The van der Waals surface area contributed by atoms with Gasteiger partial charge in [0, 0.05) is 25.7 Å². The van der Waals surface area contributed by atoms with Gasteiger partial charge in [0.2, 0.25) is 11.8 Å². The number of aliphatic hydroxyl groups is 1. The summed E-state index contributed by atoms with van der Waals surface area (Å²) in [7, 11) is -4.15. The van der Waals surface area contributed by atoms with Gasteiger partial charge in [0.15, 0.2) is 0 Å².